The number of fused-ring (bicyclic) bond motifs is 2. The zero-order chi connectivity index (χ0) is 20.1. The van der Waals surface area contributed by atoms with E-state index in [1.54, 1.807) is 19.6 Å². The van der Waals surface area contributed by atoms with Gasteiger partial charge in [-0.3, -0.25) is 14.1 Å². The molecular weight excluding hydrogens is 368 g/mol. The van der Waals surface area contributed by atoms with Crippen molar-refractivity contribution in [2.24, 2.45) is 18.9 Å². The molecule has 3 aromatic heterocycles. The number of rotatable bonds is 4. The second-order valence-corrected chi connectivity index (χ2v) is 8.60. The van der Waals surface area contributed by atoms with Crippen LogP contribution >= 0.6 is 0 Å². The van der Waals surface area contributed by atoms with Crippen molar-refractivity contribution in [1.82, 2.24) is 34.0 Å². The van der Waals surface area contributed by atoms with E-state index in [1.165, 1.54) is 4.57 Å². The van der Waals surface area contributed by atoms with E-state index >= 15 is 0 Å². The molecule has 2 aliphatic heterocycles. The molecular formula is C20H26N8O. The van der Waals surface area contributed by atoms with E-state index in [0.29, 0.717) is 29.9 Å². The number of hydrogen-bond donors (Lipinski definition) is 0. The molecule has 9 heteroatoms. The fourth-order valence-corrected chi connectivity index (χ4v) is 4.58. The van der Waals surface area contributed by atoms with Gasteiger partial charge in [-0.1, -0.05) is 13.8 Å². The normalized spacial score (nSPS) is 22.1. The predicted molar refractivity (Wildman–Crippen MR) is 109 cm³/mol. The van der Waals surface area contributed by atoms with Gasteiger partial charge in [0, 0.05) is 57.4 Å². The Bertz CT molecular complexity index is 1090. The van der Waals surface area contributed by atoms with Crippen LogP contribution in [0.25, 0.3) is 5.65 Å². The second-order valence-electron chi connectivity index (χ2n) is 8.60. The summed E-state index contributed by atoms with van der Waals surface area (Å²) in [5.74, 6) is 3.53. The molecule has 3 aromatic rings. The maximum Gasteiger partial charge on any atom is 0.295 e. The van der Waals surface area contributed by atoms with Crippen LogP contribution in [0.15, 0.2) is 29.6 Å². The zero-order valence-corrected chi connectivity index (χ0v) is 17.1. The Balaban J connectivity index is 1.27. The molecule has 2 fully saturated rings. The summed E-state index contributed by atoms with van der Waals surface area (Å²) in [7, 11) is 1.73. The van der Waals surface area contributed by atoms with Crippen molar-refractivity contribution >= 4 is 11.5 Å². The summed E-state index contributed by atoms with van der Waals surface area (Å²) in [4.78, 5) is 25.9. The van der Waals surface area contributed by atoms with Crippen LogP contribution in [-0.4, -0.2) is 60.2 Å². The molecule has 2 atom stereocenters. The molecule has 0 amide bonds. The van der Waals surface area contributed by atoms with Gasteiger partial charge in [0.1, 0.15) is 12.1 Å². The van der Waals surface area contributed by atoms with Gasteiger partial charge in [-0.2, -0.15) is 0 Å². The van der Waals surface area contributed by atoms with Crippen molar-refractivity contribution < 1.29 is 0 Å². The third-order valence-electron chi connectivity index (χ3n) is 6.23. The maximum absolute atomic E-state index is 12.2. The van der Waals surface area contributed by atoms with Gasteiger partial charge in [0.2, 0.25) is 5.65 Å². The smallest absolute Gasteiger partial charge is 0.295 e. The first kappa shape index (κ1) is 18.2. The summed E-state index contributed by atoms with van der Waals surface area (Å²) in [5, 5.41) is 8.37. The Kier molecular flexibility index (Phi) is 4.34. The minimum Gasteiger partial charge on any atom is -0.356 e. The first-order valence-corrected chi connectivity index (χ1v) is 10.2. The molecule has 0 N–H and O–H groups in total. The summed E-state index contributed by atoms with van der Waals surface area (Å²) in [6.45, 7) is 9.14. The SMILES string of the molecule is CC(C)c1cc(N2CC3CN(Cc4nnc5c(=O)n(C)ccn45)CC3C2)ncn1. The number of anilines is 1. The van der Waals surface area contributed by atoms with Gasteiger partial charge < -0.3 is 9.47 Å². The van der Waals surface area contributed by atoms with E-state index in [1.807, 2.05) is 10.6 Å². The number of aryl methyl sites for hydroxylation is 1. The Morgan fingerprint density at radius 3 is 2.55 bits per heavy atom. The molecule has 2 aliphatic rings. The van der Waals surface area contributed by atoms with Crippen molar-refractivity contribution in [1.29, 1.82) is 0 Å². The van der Waals surface area contributed by atoms with Crippen LogP contribution in [0, 0.1) is 11.8 Å². The van der Waals surface area contributed by atoms with E-state index in [4.69, 9.17) is 0 Å². The second kappa shape index (κ2) is 6.91. The van der Waals surface area contributed by atoms with Crippen molar-refractivity contribution in [3.8, 4) is 0 Å². The molecule has 0 aromatic carbocycles. The van der Waals surface area contributed by atoms with E-state index in [2.05, 4.69) is 49.9 Å². The summed E-state index contributed by atoms with van der Waals surface area (Å²) in [6, 6.07) is 2.13. The molecule has 9 nitrogen and oxygen atoms in total. The molecule has 2 unspecified atom stereocenters. The van der Waals surface area contributed by atoms with E-state index in [-0.39, 0.29) is 5.56 Å². The molecule has 5 rings (SSSR count). The standard InChI is InChI=1S/C20H26N8O/c1-13(2)16-6-17(22-12-21-16)27-9-14-7-26(8-15(14)10-27)11-18-23-24-19-20(29)25(3)4-5-28(18)19/h4-6,12-15H,7-11H2,1-3H3. The Morgan fingerprint density at radius 2 is 1.83 bits per heavy atom. The largest absolute Gasteiger partial charge is 0.356 e. The van der Waals surface area contributed by atoms with Crippen molar-refractivity contribution in [3.05, 3.63) is 46.7 Å². The van der Waals surface area contributed by atoms with Gasteiger partial charge >= 0.3 is 0 Å². The number of nitrogens with zero attached hydrogens (tertiary/aromatic N) is 8. The number of hydrogen-bond acceptors (Lipinski definition) is 7. The summed E-state index contributed by atoms with van der Waals surface area (Å²) in [6.07, 6.45) is 5.31. The highest BCUT2D eigenvalue weighted by Crippen LogP contribution is 2.34. The highest BCUT2D eigenvalue weighted by atomic mass is 16.1. The predicted octanol–water partition coefficient (Wildman–Crippen LogP) is 0.910. The molecule has 29 heavy (non-hydrogen) atoms. The summed E-state index contributed by atoms with van der Waals surface area (Å²) >= 11 is 0. The number of aromatic nitrogens is 6. The third-order valence-corrected chi connectivity index (χ3v) is 6.23. The first-order chi connectivity index (χ1) is 14.0. The van der Waals surface area contributed by atoms with Crippen LogP contribution in [-0.2, 0) is 13.6 Å². The fourth-order valence-electron chi connectivity index (χ4n) is 4.58. The molecule has 0 bridgehead atoms. The van der Waals surface area contributed by atoms with Crippen LogP contribution in [0.4, 0.5) is 5.82 Å². The lowest BCUT2D eigenvalue weighted by molar-refractivity contribution is 0.299. The van der Waals surface area contributed by atoms with Gasteiger partial charge in [0.25, 0.3) is 5.56 Å². The van der Waals surface area contributed by atoms with Crippen molar-refractivity contribution in [2.45, 2.75) is 26.3 Å². The maximum atomic E-state index is 12.2. The molecule has 0 spiro atoms. The van der Waals surface area contributed by atoms with Crippen LogP contribution < -0.4 is 10.5 Å². The average molecular weight is 394 g/mol. The fraction of sp³-hybridized carbons (Fsp3) is 0.550. The van der Waals surface area contributed by atoms with Gasteiger partial charge in [0.15, 0.2) is 5.82 Å². The highest BCUT2D eigenvalue weighted by Gasteiger charge is 2.40. The molecule has 0 radical (unpaired) electrons. The zero-order valence-electron chi connectivity index (χ0n) is 17.1. The van der Waals surface area contributed by atoms with Crippen LogP contribution in [0.2, 0.25) is 0 Å². The van der Waals surface area contributed by atoms with E-state index < -0.39 is 0 Å². The van der Waals surface area contributed by atoms with E-state index in [9.17, 15) is 4.79 Å². The topological polar surface area (TPSA) is 84.5 Å². The van der Waals surface area contributed by atoms with Crippen LogP contribution in [0.1, 0.15) is 31.3 Å². The van der Waals surface area contributed by atoms with Gasteiger partial charge in [-0.25, -0.2) is 9.97 Å². The van der Waals surface area contributed by atoms with E-state index in [0.717, 1.165) is 43.5 Å². The minimum atomic E-state index is -0.120. The molecule has 2 saturated heterocycles. The minimum absolute atomic E-state index is 0.120. The summed E-state index contributed by atoms with van der Waals surface area (Å²) < 4.78 is 3.34. The first-order valence-electron chi connectivity index (χ1n) is 10.2. The van der Waals surface area contributed by atoms with Crippen molar-refractivity contribution in [2.75, 3.05) is 31.1 Å². The monoisotopic (exact) mass is 394 g/mol. The van der Waals surface area contributed by atoms with Crippen LogP contribution in [0.5, 0.6) is 0 Å². The number of likely N-dealkylation sites (tertiary alicyclic amines) is 1. The Labute approximate surface area is 169 Å². The molecule has 152 valence electrons. The molecule has 5 heterocycles. The van der Waals surface area contributed by atoms with Gasteiger partial charge in [-0.05, 0) is 17.8 Å². The van der Waals surface area contributed by atoms with Gasteiger partial charge in [-0.15, -0.1) is 10.2 Å². The Hall–Kier alpha value is -2.81. The van der Waals surface area contributed by atoms with Crippen LogP contribution in [0.3, 0.4) is 0 Å². The quantitative estimate of drug-likeness (QED) is 0.650. The Morgan fingerprint density at radius 1 is 1.07 bits per heavy atom. The lowest BCUT2D eigenvalue weighted by atomic mass is 10.0. The molecule has 0 saturated carbocycles. The lowest BCUT2D eigenvalue weighted by Crippen LogP contribution is -2.29. The average Bonchev–Trinajstić information content (AvgIpc) is 3.39. The van der Waals surface area contributed by atoms with Gasteiger partial charge in [0.05, 0.1) is 6.54 Å². The lowest BCUT2D eigenvalue weighted by Gasteiger charge is -2.22. The summed E-state index contributed by atoms with van der Waals surface area (Å²) in [5.41, 5.74) is 1.37. The highest BCUT2D eigenvalue weighted by molar-refractivity contribution is 5.41. The molecule has 0 aliphatic carbocycles. The third kappa shape index (κ3) is 3.19. The van der Waals surface area contributed by atoms with Crippen molar-refractivity contribution in [3.63, 3.8) is 0 Å².